The Morgan fingerprint density at radius 3 is 1.60 bits per heavy atom. The Hall–Kier alpha value is -4.88. The molecule has 0 amide bonds. The number of hydrogen-bond donors (Lipinski definition) is 0. The molecule has 5 aliphatic rings. The van der Waals surface area contributed by atoms with Gasteiger partial charge < -0.3 is 4.90 Å². The Kier molecular flexibility index (Phi) is 5.84. The highest BCUT2D eigenvalue weighted by Crippen LogP contribution is 2.84. The summed E-state index contributed by atoms with van der Waals surface area (Å²) in [4.78, 5) is 2.43. The molecular formula is C49H43N. The van der Waals surface area contributed by atoms with E-state index in [0.29, 0.717) is 5.41 Å². The highest BCUT2D eigenvalue weighted by atomic mass is 15.1. The molecule has 1 heteroatoms. The lowest BCUT2D eigenvalue weighted by molar-refractivity contribution is -0.175. The molecule has 2 atom stereocenters. The van der Waals surface area contributed by atoms with Crippen molar-refractivity contribution in [1.29, 1.82) is 0 Å². The van der Waals surface area contributed by atoms with Crippen molar-refractivity contribution < 1.29 is 0 Å². The summed E-state index contributed by atoms with van der Waals surface area (Å²) in [6.45, 7) is 4.73. The van der Waals surface area contributed by atoms with E-state index in [2.05, 4.69) is 164 Å². The minimum atomic E-state index is -0.0577. The minimum Gasteiger partial charge on any atom is -0.310 e. The van der Waals surface area contributed by atoms with Crippen molar-refractivity contribution in [3.05, 3.63) is 162 Å². The summed E-state index contributed by atoms with van der Waals surface area (Å²) in [7, 11) is 0. The van der Waals surface area contributed by atoms with Gasteiger partial charge in [0.1, 0.15) is 0 Å². The van der Waals surface area contributed by atoms with Crippen molar-refractivity contribution in [3.63, 3.8) is 0 Å². The average Bonchev–Trinajstić information content (AvgIpc) is 3.73. The molecule has 6 aromatic rings. The van der Waals surface area contributed by atoms with Crippen LogP contribution in [0.2, 0.25) is 0 Å². The summed E-state index contributed by atoms with van der Waals surface area (Å²) < 4.78 is 0. The molecule has 2 unspecified atom stereocenters. The lowest BCUT2D eigenvalue weighted by Crippen LogP contribution is -2.59. The Morgan fingerprint density at radius 1 is 0.480 bits per heavy atom. The molecule has 4 fully saturated rings. The lowest BCUT2D eigenvalue weighted by atomic mass is 9.38. The summed E-state index contributed by atoms with van der Waals surface area (Å²) in [6.07, 6.45) is 7.41. The van der Waals surface area contributed by atoms with Gasteiger partial charge in [-0.25, -0.2) is 0 Å². The highest BCUT2D eigenvalue weighted by molar-refractivity contribution is 5.86. The first-order valence-corrected chi connectivity index (χ1v) is 18.8. The van der Waals surface area contributed by atoms with E-state index in [1.54, 1.807) is 5.56 Å². The molecule has 5 aliphatic carbocycles. The van der Waals surface area contributed by atoms with E-state index in [0.717, 1.165) is 28.9 Å². The quantitative estimate of drug-likeness (QED) is 0.174. The van der Waals surface area contributed by atoms with Crippen LogP contribution < -0.4 is 4.90 Å². The zero-order chi connectivity index (χ0) is 33.2. The third-order valence-electron chi connectivity index (χ3n) is 14.4. The number of fused-ring (bicyclic) bond motifs is 4. The fraction of sp³-hybridized carbons (Fsp3) is 0.265. The molecule has 0 heterocycles. The van der Waals surface area contributed by atoms with Crippen molar-refractivity contribution in [2.45, 2.75) is 56.8 Å². The lowest BCUT2D eigenvalue weighted by Gasteiger charge is -2.66. The highest BCUT2D eigenvalue weighted by Gasteiger charge is 2.77. The van der Waals surface area contributed by atoms with E-state index >= 15 is 0 Å². The van der Waals surface area contributed by atoms with E-state index in [4.69, 9.17) is 0 Å². The van der Waals surface area contributed by atoms with Crippen molar-refractivity contribution in [1.82, 2.24) is 0 Å². The monoisotopic (exact) mass is 645 g/mol. The Balaban J connectivity index is 0.943. The molecule has 0 radical (unpaired) electrons. The van der Waals surface area contributed by atoms with Gasteiger partial charge in [0.25, 0.3) is 0 Å². The van der Waals surface area contributed by atoms with Gasteiger partial charge in [0.2, 0.25) is 0 Å². The average molecular weight is 646 g/mol. The van der Waals surface area contributed by atoms with E-state index in [1.807, 2.05) is 0 Å². The smallest absolute Gasteiger partial charge is 0.0465 e. The summed E-state index contributed by atoms with van der Waals surface area (Å²) in [5.41, 5.74) is 16.9. The number of nitrogens with zero attached hydrogens (tertiary/aromatic N) is 1. The second-order valence-electron chi connectivity index (χ2n) is 16.8. The topological polar surface area (TPSA) is 3.24 Å². The number of anilines is 3. The van der Waals surface area contributed by atoms with Crippen LogP contribution in [0, 0.1) is 23.2 Å². The zero-order valence-corrected chi connectivity index (χ0v) is 29.1. The molecule has 1 spiro atoms. The molecule has 2 bridgehead atoms. The summed E-state index contributed by atoms with van der Waals surface area (Å²) in [5.74, 6) is 3.12. The molecule has 0 saturated heterocycles. The Morgan fingerprint density at radius 2 is 1.00 bits per heavy atom. The standard InChI is InChI=1S/C49H43N/c1-47(2)45-11-7-6-10-43(45)44-25-24-42(28-46(44)47)50(40-20-14-34(15-21-40)32-8-4-3-5-9-32)41-22-16-35(17-23-41)33-12-18-36(19-13-33)48-29-38-26-37-27-39(30-48)49(37,38)31-48/h3-25,28,37-39H,26-27,29-31H2,1-2H3. The third kappa shape index (κ3) is 3.84. The predicted molar refractivity (Wildman–Crippen MR) is 207 cm³/mol. The fourth-order valence-corrected chi connectivity index (χ4v) is 11.9. The first-order valence-electron chi connectivity index (χ1n) is 18.8. The van der Waals surface area contributed by atoms with E-state index in [-0.39, 0.29) is 5.41 Å². The van der Waals surface area contributed by atoms with Crippen molar-refractivity contribution in [3.8, 4) is 33.4 Å². The van der Waals surface area contributed by atoms with Crippen molar-refractivity contribution in [2.75, 3.05) is 4.90 Å². The molecule has 6 aromatic carbocycles. The van der Waals surface area contributed by atoms with Gasteiger partial charge in [-0.05, 0) is 147 Å². The van der Waals surface area contributed by atoms with Crippen molar-refractivity contribution in [2.24, 2.45) is 23.2 Å². The molecular weight excluding hydrogens is 603 g/mol. The van der Waals surface area contributed by atoms with Crippen LogP contribution in [-0.4, -0.2) is 0 Å². The third-order valence-corrected chi connectivity index (χ3v) is 14.4. The zero-order valence-electron chi connectivity index (χ0n) is 29.1. The first kappa shape index (κ1) is 28.9. The number of rotatable bonds is 6. The number of benzene rings is 6. The molecule has 4 saturated carbocycles. The van der Waals surface area contributed by atoms with Crippen LogP contribution in [0.15, 0.2) is 146 Å². The fourth-order valence-electron chi connectivity index (χ4n) is 11.9. The van der Waals surface area contributed by atoms with Gasteiger partial charge in [0.05, 0.1) is 0 Å². The molecule has 0 aliphatic heterocycles. The molecule has 50 heavy (non-hydrogen) atoms. The molecule has 0 aromatic heterocycles. The van der Waals surface area contributed by atoms with Crippen LogP contribution in [0.25, 0.3) is 33.4 Å². The Labute approximate surface area is 296 Å². The summed E-state index contributed by atoms with van der Waals surface area (Å²) in [5, 5.41) is 0. The molecule has 11 rings (SSSR count). The molecule has 244 valence electrons. The maximum absolute atomic E-state index is 2.48. The maximum Gasteiger partial charge on any atom is 0.0465 e. The van der Waals surface area contributed by atoms with Gasteiger partial charge >= 0.3 is 0 Å². The van der Waals surface area contributed by atoms with Crippen LogP contribution in [0.1, 0.15) is 62.6 Å². The largest absolute Gasteiger partial charge is 0.310 e. The van der Waals surface area contributed by atoms with Gasteiger partial charge in [0, 0.05) is 22.5 Å². The van der Waals surface area contributed by atoms with Crippen LogP contribution in [0.3, 0.4) is 0 Å². The van der Waals surface area contributed by atoms with E-state index < -0.39 is 0 Å². The maximum atomic E-state index is 2.48. The minimum absolute atomic E-state index is 0.0577. The van der Waals surface area contributed by atoms with Crippen LogP contribution >= 0.6 is 0 Å². The van der Waals surface area contributed by atoms with Gasteiger partial charge in [-0.3, -0.25) is 0 Å². The second kappa shape index (κ2) is 10.1. The van der Waals surface area contributed by atoms with Gasteiger partial charge in [-0.2, -0.15) is 0 Å². The van der Waals surface area contributed by atoms with E-state index in [1.165, 1.54) is 88.0 Å². The van der Waals surface area contributed by atoms with Crippen molar-refractivity contribution >= 4 is 17.1 Å². The van der Waals surface area contributed by atoms with Gasteiger partial charge in [-0.1, -0.05) is 123 Å². The second-order valence-corrected chi connectivity index (χ2v) is 16.8. The predicted octanol–water partition coefficient (Wildman–Crippen LogP) is 12.9. The van der Waals surface area contributed by atoms with Gasteiger partial charge in [-0.15, -0.1) is 0 Å². The van der Waals surface area contributed by atoms with Crippen LogP contribution in [-0.2, 0) is 10.8 Å². The summed E-state index contributed by atoms with van der Waals surface area (Å²) in [6, 6.07) is 54.7. The van der Waals surface area contributed by atoms with Crippen LogP contribution in [0.4, 0.5) is 17.1 Å². The molecule has 1 nitrogen and oxygen atoms in total. The van der Waals surface area contributed by atoms with Gasteiger partial charge in [0.15, 0.2) is 0 Å². The number of hydrogen-bond acceptors (Lipinski definition) is 1. The first-order chi connectivity index (χ1) is 24.4. The Bertz CT molecular complexity index is 2260. The molecule has 0 N–H and O–H groups in total. The normalized spacial score (nSPS) is 27.1. The van der Waals surface area contributed by atoms with E-state index in [9.17, 15) is 0 Å². The SMILES string of the molecule is CC1(C)c2ccccc2-c2ccc(N(c3ccc(-c4ccccc4)cc3)c3ccc(-c4ccc(C56CC7CC8CC(C5)C87C6)cc4)cc3)cc21. The summed E-state index contributed by atoms with van der Waals surface area (Å²) >= 11 is 0. The van der Waals surface area contributed by atoms with Crippen LogP contribution in [0.5, 0.6) is 0 Å².